The van der Waals surface area contributed by atoms with E-state index in [1.165, 1.54) is 6.26 Å². The van der Waals surface area contributed by atoms with E-state index >= 15 is 0 Å². The predicted molar refractivity (Wildman–Crippen MR) is 130 cm³/mol. The zero-order valence-electron chi connectivity index (χ0n) is 18.6. The van der Waals surface area contributed by atoms with Gasteiger partial charge in [-0.25, -0.2) is 0 Å². The van der Waals surface area contributed by atoms with Crippen molar-refractivity contribution in [2.45, 2.75) is 45.1 Å². The fourth-order valence-electron chi connectivity index (χ4n) is 3.74. The number of hydrogen-bond donors (Lipinski definition) is 3. The summed E-state index contributed by atoms with van der Waals surface area (Å²) >= 11 is 2.14. The molecule has 9 heteroatoms. The Kier molecular flexibility index (Phi) is 8.93. The van der Waals surface area contributed by atoms with Gasteiger partial charge in [0.05, 0.1) is 28.7 Å². The summed E-state index contributed by atoms with van der Waals surface area (Å²) in [5, 5.41) is 23.1. The van der Waals surface area contributed by atoms with Crippen LogP contribution in [0.3, 0.4) is 0 Å². The summed E-state index contributed by atoms with van der Waals surface area (Å²) in [6.07, 6.45) is 2.93. The summed E-state index contributed by atoms with van der Waals surface area (Å²) < 4.78 is 12.1. The molecule has 33 heavy (non-hydrogen) atoms. The number of aliphatic hydroxyl groups is 2. The fourth-order valence-corrected chi connectivity index (χ4v) is 4.25. The minimum Gasteiger partial charge on any atom is -0.482 e. The van der Waals surface area contributed by atoms with Crippen LogP contribution in [0, 0.1) is 9.49 Å². The maximum absolute atomic E-state index is 13.2. The smallest absolute Gasteiger partial charge is 0.247 e. The molecule has 0 aliphatic heterocycles. The van der Waals surface area contributed by atoms with Crippen LogP contribution in [0.25, 0.3) is 0 Å². The second-order valence-electron chi connectivity index (χ2n) is 8.20. The number of halogens is 1. The lowest BCUT2D eigenvalue weighted by Crippen LogP contribution is -2.55. The first kappa shape index (κ1) is 25.3. The molecule has 3 rings (SSSR count). The highest BCUT2D eigenvalue weighted by molar-refractivity contribution is 14.1. The normalized spacial score (nSPS) is 20.3. The molecule has 0 spiro atoms. The minimum absolute atomic E-state index is 0.106. The van der Waals surface area contributed by atoms with E-state index in [0.29, 0.717) is 11.3 Å². The molecule has 0 bridgehead atoms. The SMILES string of the molecule is CC(C)C(=O)N(Cc1ccoc1)C1CC(C(=O)NCCO)=CC(Oc2ccccc2I)C1O. The molecule has 0 fully saturated rings. The van der Waals surface area contributed by atoms with Crippen molar-refractivity contribution in [3.05, 3.63) is 63.6 Å². The highest BCUT2D eigenvalue weighted by atomic mass is 127. The zero-order chi connectivity index (χ0) is 24.0. The van der Waals surface area contributed by atoms with Crippen LogP contribution in [0.5, 0.6) is 5.75 Å². The van der Waals surface area contributed by atoms with Crippen molar-refractivity contribution in [3.63, 3.8) is 0 Å². The van der Waals surface area contributed by atoms with Gasteiger partial charge in [-0.1, -0.05) is 26.0 Å². The Hall–Kier alpha value is -2.37. The maximum atomic E-state index is 13.2. The zero-order valence-corrected chi connectivity index (χ0v) is 20.8. The molecule has 1 aliphatic carbocycles. The molecule has 3 unspecified atom stereocenters. The third-order valence-corrected chi connectivity index (χ3v) is 6.32. The highest BCUT2D eigenvalue weighted by Crippen LogP contribution is 2.31. The minimum atomic E-state index is -1.06. The lowest BCUT2D eigenvalue weighted by atomic mass is 9.87. The third-order valence-electron chi connectivity index (χ3n) is 5.42. The van der Waals surface area contributed by atoms with Gasteiger partial charge >= 0.3 is 0 Å². The van der Waals surface area contributed by atoms with Gasteiger partial charge in [-0.05, 0) is 46.9 Å². The quantitative estimate of drug-likeness (QED) is 0.401. The topological polar surface area (TPSA) is 112 Å². The molecule has 1 heterocycles. The molecule has 178 valence electrons. The van der Waals surface area contributed by atoms with E-state index in [2.05, 4.69) is 27.9 Å². The van der Waals surface area contributed by atoms with Gasteiger partial charge in [0.2, 0.25) is 11.8 Å². The van der Waals surface area contributed by atoms with Crippen molar-refractivity contribution in [2.75, 3.05) is 13.2 Å². The van der Waals surface area contributed by atoms with Crippen LogP contribution >= 0.6 is 22.6 Å². The van der Waals surface area contributed by atoms with Crippen LogP contribution in [0.1, 0.15) is 25.8 Å². The molecular formula is C24H29IN2O6. The van der Waals surface area contributed by atoms with Crippen molar-refractivity contribution in [2.24, 2.45) is 5.92 Å². The number of benzene rings is 1. The summed E-state index contributed by atoms with van der Waals surface area (Å²) in [4.78, 5) is 27.5. The molecule has 0 saturated carbocycles. The molecule has 2 amide bonds. The molecule has 1 aromatic heterocycles. The number of carbonyl (C=O) groups excluding carboxylic acids is 2. The van der Waals surface area contributed by atoms with Gasteiger partial charge < -0.3 is 29.6 Å². The van der Waals surface area contributed by atoms with E-state index in [1.54, 1.807) is 43.2 Å². The number of nitrogens with zero attached hydrogens (tertiary/aromatic N) is 1. The van der Waals surface area contributed by atoms with Crippen molar-refractivity contribution in [3.8, 4) is 5.75 Å². The summed E-state index contributed by atoms with van der Waals surface area (Å²) in [6.45, 7) is 3.74. The van der Waals surface area contributed by atoms with Gasteiger partial charge in [0, 0.05) is 36.6 Å². The number of aliphatic hydroxyl groups excluding tert-OH is 2. The number of rotatable bonds is 9. The number of furan rings is 1. The number of nitrogens with one attached hydrogen (secondary N) is 1. The van der Waals surface area contributed by atoms with Gasteiger partial charge in [0.15, 0.2) is 0 Å². The lowest BCUT2D eigenvalue weighted by molar-refractivity contribution is -0.142. The Morgan fingerprint density at radius 2 is 2.06 bits per heavy atom. The molecule has 0 radical (unpaired) electrons. The standard InChI is InChI=1S/C24H29IN2O6/c1-15(2)24(31)27(13-16-7-10-32-14-16)19-11-17(23(30)26-8-9-28)12-21(22(19)29)33-20-6-4-3-5-18(20)25/h3-7,10,12,14-15,19,21-22,28-29H,8-9,11,13H2,1-2H3,(H,26,30). The van der Waals surface area contributed by atoms with Crippen LogP contribution in [0.15, 0.2) is 58.9 Å². The van der Waals surface area contributed by atoms with Gasteiger partial charge in [-0.2, -0.15) is 0 Å². The monoisotopic (exact) mass is 568 g/mol. The summed E-state index contributed by atoms with van der Waals surface area (Å²) in [5.74, 6) is -0.246. The van der Waals surface area contributed by atoms with Crippen LogP contribution in [-0.2, 0) is 16.1 Å². The largest absolute Gasteiger partial charge is 0.482 e. The van der Waals surface area contributed by atoms with Crippen molar-refractivity contribution >= 4 is 34.4 Å². The summed E-state index contributed by atoms with van der Waals surface area (Å²) in [5.41, 5.74) is 1.18. The Morgan fingerprint density at radius 3 is 2.70 bits per heavy atom. The molecule has 8 nitrogen and oxygen atoms in total. The molecular weight excluding hydrogens is 539 g/mol. The number of ether oxygens (including phenoxy) is 1. The van der Waals surface area contributed by atoms with Gasteiger partial charge in [-0.3, -0.25) is 9.59 Å². The Bertz CT molecular complexity index is 975. The predicted octanol–water partition coefficient (Wildman–Crippen LogP) is 2.48. The van der Waals surface area contributed by atoms with Gasteiger partial charge in [0.1, 0.15) is 18.0 Å². The Morgan fingerprint density at radius 1 is 1.30 bits per heavy atom. The van der Waals surface area contributed by atoms with Crippen LogP contribution in [0.4, 0.5) is 0 Å². The summed E-state index contributed by atoms with van der Waals surface area (Å²) in [6, 6.07) is 8.46. The van der Waals surface area contributed by atoms with Gasteiger partial charge in [-0.15, -0.1) is 0 Å². The average molecular weight is 568 g/mol. The van der Waals surface area contributed by atoms with E-state index in [1.807, 2.05) is 18.2 Å². The molecule has 2 aromatic rings. The molecule has 3 N–H and O–H groups in total. The number of para-hydroxylation sites is 1. The Balaban J connectivity index is 1.96. The van der Waals surface area contributed by atoms with E-state index in [0.717, 1.165) is 9.13 Å². The van der Waals surface area contributed by atoms with E-state index in [9.17, 15) is 14.7 Å². The number of hydrogen-bond acceptors (Lipinski definition) is 6. The highest BCUT2D eigenvalue weighted by Gasteiger charge is 2.41. The second-order valence-corrected chi connectivity index (χ2v) is 9.36. The number of carbonyl (C=O) groups is 2. The molecule has 0 saturated heterocycles. The average Bonchev–Trinajstić information content (AvgIpc) is 3.31. The molecule has 3 atom stereocenters. The Labute approximate surface area is 206 Å². The van der Waals surface area contributed by atoms with Crippen molar-refractivity contribution in [1.82, 2.24) is 10.2 Å². The third kappa shape index (κ3) is 6.36. The summed E-state index contributed by atoms with van der Waals surface area (Å²) in [7, 11) is 0. The first-order valence-electron chi connectivity index (χ1n) is 10.8. The second kappa shape index (κ2) is 11.7. The van der Waals surface area contributed by atoms with Crippen molar-refractivity contribution in [1.29, 1.82) is 0 Å². The molecule has 1 aromatic carbocycles. The van der Waals surface area contributed by atoms with E-state index < -0.39 is 18.2 Å². The fraction of sp³-hybridized carbons (Fsp3) is 0.417. The number of amides is 2. The maximum Gasteiger partial charge on any atom is 0.247 e. The van der Waals surface area contributed by atoms with Crippen LogP contribution in [-0.4, -0.2) is 58.3 Å². The van der Waals surface area contributed by atoms with Crippen molar-refractivity contribution < 1.29 is 29.0 Å². The lowest BCUT2D eigenvalue weighted by Gasteiger charge is -2.41. The first-order valence-corrected chi connectivity index (χ1v) is 11.9. The van der Waals surface area contributed by atoms with Crippen LogP contribution < -0.4 is 10.1 Å². The first-order chi connectivity index (χ1) is 15.8. The van der Waals surface area contributed by atoms with E-state index in [-0.39, 0.29) is 43.8 Å². The van der Waals surface area contributed by atoms with Gasteiger partial charge in [0.25, 0.3) is 0 Å². The van der Waals surface area contributed by atoms with E-state index in [4.69, 9.17) is 14.3 Å². The molecule has 1 aliphatic rings. The van der Waals surface area contributed by atoms with Crippen LogP contribution in [0.2, 0.25) is 0 Å².